The molecule has 0 spiro atoms. The lowest BCUT2D eigenvalue weighted by Gasteiger charge is -2.18. The molecule has 0 aliphatic rings. The SMILES string of the molecule is c1ccc(C(c2ccn(-c3cc[nH]c3)c2)n2ccnc2)cc1. The second kappa shape index (κ2) is 5.41. The summed E-state index contributed by atoms with van der Waals surface area (Å²) in [5.41, 5.74) is 3.60. The fourth-order valence-electron chi connectivity index (χ4n) is 2.81. The minimum Gasteiger partial charge on any atom is -0.366 e. The third-order valence-electron chi connectivity index (χ3n) is 3.85. The molecule has 4 heteroatoms. The van der Waals surface area contributed by atoms with Crippen LogP contribution < -0.4 is 0 Å². The summed E-state index contributed by atoms with van der Waals surface area (Å²) in [6.45, 7) is 0. The van der Waals surface area contributed by atoms with Gasteiger partial charge in [0.2, 0.25) is 0 Å². The Labute approximate surface area is 128 Å². The quantitative estimate of drug-likeness (QED) is 0.612. The maximum absolute atomic E-state index is 4.20. The number of H-pyrrole nitrogens is 1. The highest BCUT2D eigenvalue weighted by Gasteiger charge is 2.17. The first-order valence-corrected chi connectivity index (χ1v) is 7.25. The number of aromatic nitrogens is 4. The molecule has 4 rings (SSSR count). The van der Waals surface area contributed by atoms with Crippen LogP contribution in [0.2, 0.25) is 0 Å². The number of nitrogens with one attached hydrogen (secondary N) is 1. The smallest absolute Gasteiger partial charge is 0.0954 e. The van der Waals surface area contributed by atoms with Gasteiger partial charge in [0.25, 0.3) is 0 Å². The standard InChI is InChI=1S/C18H16N4/c1-2-4-15(5-3-1)18(22-11-9-20-14-22)16-7-10-21(13-16)17-6-8-19-12-17/h1-14,18-19H. The molecule has 0 saturated heterocycles. The van der Waals surface area contributed by atoms with E-state index in [-0.39, 0.29) is 6.04 Å². The minimum atomic E-state index is 0.129. The molecular weight excluding hydrogens is 272 g/mol. The molecule has 4 nitrogen and oxygen atoms in total. The summed E-state index contributed by atoms with van der Waals surface area (Å²) >= 11 is 0. The molecule has 0 radical (unpaired) electrons. The number of hydrogen-bond donors (Lipinski definition) is 1. The molecule has 1 N–H and O–H groups in total. The van der Waals surface area contributed by atoms with Gasteiger partial charge >= 0.3 is 0 Å². The molecule has 0 amide bonds. The molecule has 1 aromatic carbocycles. The number of rotatable bonds is 4. The van der Waals surface area contributed by atoms with Gasteiger partial charge in [-0.3, -0.25) is 0 Å². The van der Waals surface area contributed by atoms with E-state index in [2.05, 4.69) is 67.9 Å². The summed E-state index contributed by atoms with van der Waals surface area (Å²) < 4.78 is 4.25. The topological polar surface area (TPSA) is 38.5 Å². The van der Waals surface area contributed by atoms with Gasteiger partial charge in [-0.1, -0.05) is 30.3 Å². The average molecular weight is 288 g/mol. The van der Waals surface area contributed by atoms with E-state index in [9.17, 15) is 0 Å². The van der Waals surface area contributed by atoms with Crippen LogP contribution in [-0.4, -0.2) is 19.1 Å². The molecule has 4 aromatic rings. The molecule has 0 aliphatic carbocycles. The summed E-state index contributed by atoms with van der Waals surface area (Å²) in [6, 6.07) is 14.8. The molecule has 0 aliphatic heterocycles. The number of benzene rings is 1. The Balaban J connectivity index is 1.79. The first-order chi connectivity index (χ1) is 10.9. The number of hydrogen-bond acceptors (Lipinski definition) is 1. The van der Waals surface area contributed by atoms with E-state index >= 15 is 0 Å². The van der Waals surface area contributed by atoms with Crippen molar-refractivity contribution in [2.24, 2.45) is 0 Å². The Kier molecular flexibility index (Phi) is 3.12. The van der Waals surface area contributed by atoms with Gasteiger partial charge in [0.1, 0.15) is 0 Å². The summed E-state index contributed by atoms with van der Waals surface area (Å²) in [7, 11) is 0. The zero-order chi connectivity index (χ0) is 14.8. The third kappa shape index (κ3) is 2.24. The van der Waals surface area contributed by atoms with Crippen LogP contribution in [0.15, 0.2) is 86.0 Å². The first kappa shape index (κ1) is 12.7. The van der Waals surface area contributed by atoms with Gasteiger partial charge in [-0.25, -0.2) is 4.98 Å². The van der Waals surface area contributed by atoms with Crippen LogP contribution >= 0.6 is 0 Å². The van der Waals surface area contributed by atoms with E-state index in [4.69, 9.17) is 0 Å². The molecule has 1 atom stereocenters. The van der Waals surface area contributed by atoms with Crippen molar-refractivity contribution >= 4 is 0 Å². The lowest BCUT2D eigenvalue weighted by atomic mass is 10.0. The van der Waals surface area contributed by atoms with Crippen molar-refractivity contribution in [2.75, 3.05) is 0 Å². The highest BCUT2D eigenvalue weighted by molar-refractivity contribution is 5.36. The predicted octanol–water partition coefficient (Wildman–Crippen LogP) is 3.64. The summed E-state index contributed by atoms with van der Waals surface area (Å²) in [6.07, 6.45) is 13.9. The van der Waals surface area contributed by atoms with Gasteiger partial charge in [0, 0.05) is 37.2 Å². The van der Waals surface area contributed by atoms with Crippen molar-refractivity contribution in [3.63, 3.8) is 0 Å². The molecule has 1 unspecified atom stereocenters. The molecular formula is C18H16N4. The molecule has 22 heavy (non-hydrogen) atoms. The van der Waals surface area contributed by atoms with Gasteiger partial charge in [0.15, 0.2) is 0 Å². The maximum Gasteiger partial charge on any atom is 0.0954 e. The van der Waals surface area contributed by atoms with E-state index < -0.39 is 0 Å². The average Bonchev–Trinajstić information content (AvgIpc) is 3.31. The monoisotopic (exact) mass is 288 g/mol. The van der Waals surface area contributed by atoms with Crippen LogP contribution in [-0.2, 0) is 0 Å². The van der Waals surface area contributed by atoms with Crippen LogP contribution in [0.3, 0.4) is 0 Å². The van der Waals surface area contributed by atoms with Crippen molar-refractivity contribution in [1.82, 2.24) is 19.1 Å². The van der Waals surface area contributed by atoms with E-state index in [1.165, 1.54) is 11.1 Å². The zero-order valence-corrected chi connectivity index (χ0v) is 12.0. The maximum atomic E-state index is 4.20. The van der Waals surface area contributed by atoms with Gasteiger partial charge < -0.3 is 14.1 Å². The summed E-state index contributed by atoms with van der Waals surface area (Å²) in [5.74, 6) is 0. The Bertz CT molecular complexity index is 827. The van der Waals surface area contributed by atoms with Crippen molar-refractivity contribution in [3.8, 4) is 5.69 Å². The van der Waals surface area contributed by atoms with Gasteiger partial charge in [-0.15, -0.1) is 0 Å². The van der Waals surface area contributed by atoms with Crippen molar-refractivity contribution in [3.05, 3.63) is 97.1 Å². The number of imidazole rings is 1. The van der Waals surface area contributed by atoms with Gasteiger partial charge in [0.05, 0.1) is 18.1 Å². The van der Waals surface area contributed by atoms with Crippen LogP contribution in [0.4, 0.5) is 0 Å². The second-order valence-corrected chi connectivity index (χ2v) is 5.24. The predicted molar refractivity (Wildman–Crippen MR) is 86.0 cm³/mol. The first-order valence-electron chi connectivity index (χ1n) is 7.25. The Hall–Kier alpha value is -3.01. The fourth-order valence-corrected chi connectivity index (χ4v) is 2.81. The molecule has 0 fully saturated rings. The fraction of sp³-hybridized carbons (Fsp3) is 0.0556. The lowest BCUT2D eigenvalue weighted by Crippen LogP contribution is -2.09. The Morgan fingerprint density at radius 1 is 0.955 bits per heavy atom. The lowest BCUT2D eigenvalue weighted by molar-refractivity contribution is 0.676. The number of nitrogens with zero attached hydrogens (tertiary/aromatic N) is 3. The van der Waals surface area contributed by atoms with E-state index in [1.807, 2.05) is 37.2 Å². The zero-order valence-electron chi connectivity index (χ0n) is 12.0. The summed E-state index contributed by atoms with van der Waals surface area (Å²) in [4.78, 5) is 7.29. The Morgan fingerprint density at radius 2 is 1.86 bits per heavy atom. The van der Waals surface area contributed by atoms with Crippen molar-refractivity contribution in [2.45, 2.75) is 6.04 Å². The largest absolute Gasteiger partial charge is 0.366 e. The van der Waals surface area contributed by atoms with Crippen LogP contribution in [0.5, 0.6) is 0 Å². The highest BCUT2D eigenvalue weighted by atomic mass is 15.1. The summed E-state index contributed by atoms with van der Waals surface area (Å²) in [5, 5.41) is 0. The highest BCUT2D eigenvalue weighted by Crippen LogP contribution is 2.27. The van der Waals surface area contributed by atoms with E-state index in [1.54, 1.807) is 0 Å². The van der Waals surface area contributed by atoms with Crippen LogP contribution in [0.1, 0.15) is 17.2 Å². The molecule has 0 saturated carbocycles. The van der Waals surface area contributed by atoms with Crippen LogP contribution in [0.25, 0.3) is 5.69 Å². The van der Waals surface area contributed by atoms with Gasteiger partial charge in [-0.2, -0.15) is 0 Å². The normalized spacial score (nSPS) is 12.4. The van der Waals surface area contributed by atoms with Crippen LogP contribution in [0, 0.1) is 0 Å². The van der Waals surface area contributed by atoms with E-state index in [0.29, 0.717) is 0 Å². The molecule has 0 bridgehead atoms. The third-order valence-corrected chi connectivity index (χ3v) is 3.85. The second-order valence-electron chi connectivity index (χ2n) is 5.24. The molecule has 3 heterocycles. The van der Waals surface area contributed by atoms with E-state index in [0.717, 1.165) is 5.69 Å². The van der Waals surface area contributed by atoms with Crippen molar-refractivity contribution in [1.29, 1.82) is 0 Å². The number of aromatic amines is 1. The Morgan fingerprint density at radius 3 is 2.59 bits per heavy atom. The molecule has 3 aromatic heterocycles. The van der Waals surface area contributed by atoms with Crippen molar-refractivity contribution < 1.29 is 0 Å². The van der Waals surface area contributed by atoms with Gasteiger partial charge in [-0.05, 0) is 23.3 Å². The molecule has 108 valence electrons. The minimum absolute atomic E-state index is 0.129.